The first-order valence-electron chi connectivity index (χ1n) is 5.56. The molecule has 1 aliphatic heterocycles. The third kappa shape index (κ3) is 0.805. The van der Waals surface area contributed by atoms with Crippen LogP contribution in [0.15, 0.2) is 0 Å². The van der Waals surface area contributed by atoms with Gasteiger partial charge in [-0.3, -0.25) is 0 Å². The van der Waals surface area contributed by atoms with Crippen LogP contribution in [0.25, 0.3) is 0 Å². The third-order valence-electron chi connectivity index (χ3n) is 4.99. The Morgan fingerprint density at radius 1 is 1.15 bits per heavy atom. The number of hydrogen-bond donors (Lipinski definition) is 0. The first-order chi connectivity index (χ1) is 6.38. The number of rotatable bonds is 1. The van der Waals surface area contributed by atoms with Crippen LogP contribution < -0.4 is 0 Å². The molecule has 0 N–H and O–H groups in total. The molecule has 4 rings (SSSR count). The molecule has 2 heteroatoms. The van der Waals surface area contributed by atoms with E-state index in [0.717, 1.165) is 35.0 Å². The Bertz CT molecular complexity index is 254. The molecule has 1 saturated heterocycles. The van der Waals surface area contributed by atoms with Crippen molar-refractivity contribution < 1.29 is 4.74 Å². The monoisotopic (exact) mass is 196 g/mol. The molecule has 0 aromatic heterocycles. The van der Waals surface area contributed by atoms with E-state index in [4.69, 9.17) is 4.74 Å². The molecule has 0 aromatic carbocycles. The van der Waals surface area contributed by atoms with Gasteiger partial charge in [-0.05, 0) is 49.2 Å². The summed E-state index contributed by atoms with van der Waals surface area (Å²) in [4.78, 5) is 0. The smallest absolute Gasteiger partial charge is 0.0875 e. The number of epoxide rings is 1. The van der Waals surface area contributed by atoms with E-state index in [2.05, 4.69) is 18.0 Å². The van der Waals surface area contributed by atoms with Crippen LogP contribution in [0, 0.1) is 23.7 Å². The van der Waals surface area contributed by atoms with Gasteiger partial charge in [0, 0.05) is 5.25 Å². The minimum atomic E-state index is 0.709. The maximum absolute atomic E-state index is 5.70. The minimum Gasteiger partial charge on any atom is -0.369 e. The van der Waals surface area contributed by atoms with Crippen LogP contribution in [0.5, 0.6) is 0 Å². The number of thioether (sulfide) groups is 1. The molecule has 7 unspecified atom stereocenters. The van der Waals surface area contributed by atoms with Gasteiger partial charge in [0.25, 0.3) is 0 Å². The highest BCUT2D eigenvalue weighted by molar-refractivity contribution is 7.99. The van der Waals surface area contributed by atoms with Gasteiger partial charge in [-0.15, -0.1) is 0 Å². The first-order valence-corrected chi connectivity index (χ1v) is 6.85. The van der Waals surface area contributed by atoms with E-state index in [1.54, 1.807) is 0 Å². The van der Waals surface area contributed by atoms with E-state index >= 15 is 0 Å². The summed E-state index contributed by atoms with van der Waals surface area (Å²) in [5.74, 6) is 4.18. The number of fused-ring (bicyclic) bond motifs is 7. The predicted octanol–water partition coefficient (Wildman–Crippen LogP) is 2.16. The zero-order chi connectivity index (χ0) is 8.58. The van der Waals surface area contributed by atoms with Crippen molar-refractivity contribution in [3.63, 3.8) is 0 Å². The summed E-state index contributed by atoms with van der Waals surface area (Å²) < 4.78 is 5.70. The lowest BCUT2D eigenvalue weighted by atomic mass is 9.81. The van der Waals surface area contributed by atoms with Crippen LogP contribution in [0.2, 0.25) is 0 Å². The summed E-state index contributed by atoms with van der Waals surface area (Å²) in [6, 6.07) is 0. The molecule has 1 nitrogen and oxygen atoms in total. The van der Waals surface area contributed by atoms with E-state index in [0.29, 0.717) is 6.10 Å². The van der Waals surface area contributed by atoms with Gasteiger partial charge in [-0.2, -0.15) is 11.8 Å². The lowest BCUT2D eigenvalue weighted by Gasteiger charge is -2.31. The highest BCUT2D eigenvalue weighted by Crippen LogP contribution is 2.65. The lowest BCUT2D eigenvalue weighted by Crippen LogP contribution is -2.29. The molecule has 0 amide bonds. The van der Waals surface area contributed by atoms with Crippen molar-refractivity contribution in [3.8, 4) is 0 Å². The van der Waals surface area contributed by atoms with Crippen molar-refractivity contribution in [1.82, 2.24) is 0 Å². The SMILES string of the molecule is CSC1CC2CC1C1C2CC2OC21. The van der Waals surface area contributed by atoms with E-state index in [9.17, 15) is 0 Å². The third-order valence-corrected chi connectivity index (χ3v) is 6.14. The van der Waals surface area contributed by atoms with Gasteiger partial charge in [0.15, 0.2) is 0 Å². The van der Waals surface area contributed by atoms with E-state index in [-0.39, 0.29) is 0 Å². The second kappa shape index (κ2) is 2.27. The largest absolute Gasteiger partial charge is 0.369 e. The number of hydrogen-bond acceptors (Lipinski definition) is 2. The molecule has 3 saturated carbocycles. The standard InChI is InChI=1S/C11H16OS/c1-13-9-3-5-2-7(9)10-6(5)4-8-11(10)12-8/h5-11H,2-4H2,1H3. The highest BCUT2D eigenvalue weighted by Gasteiger charge is 2.66. The summed E-state index contributed by atoms with van der Waals surface area (Å²) in [5.41, 5.74) is 0. The van der Waals surface area contributed by atoms with Crippen molar-refractivity contribution in [2.45, 2.75) is 36.7 Å². The van der Waals surface area contributed by atoms with E-state index < -0.39 is 0 Å². The second-order valence-corrected chi connectivity index (χ2v) is 6.36. The lowest BCUT2D eigenvalue weighted by molar-refractivity contribution is 0.151. The summed E-state index contributed by atoms with van der Waals surface area (Å²) in [7, 11) is 0. The molecule has 7 atom stereocenters. The maximum Gasteiger partial charge on any atom is 0.0875 e. The summed E-state index contributed by atoms with van der Waals surface area (Å²) in [6.07, 6.45) is 8.19. The molecule has 1 heterocycles. The molecule has 0 radical (unpaired) electrons. The molecule has 2 bridgehead atoms. The average Bonchev–Trinajstić information content (AvgIpc) is 2.60. The molecule has 0 spiro atoms. The Labute approximate surface area is 83.6 Å². The molecular weight excluding hydrogens is 180 g/mol. The van der Waals surface area contributed by atoms with Gasteiger partial charge in [0.1, 0.15) is 0 Å². The normalized spacial score (nSPS) is 66.7. The average molecular weight is 196 g/mol. The second-order valence-electron chi connectivity index (χ2n) is 5.29. The van der Waals surface area contributed by atoms with Crippen LogP contribution >= 0.6 is 11.8 Å². The molecule has 4 fully saturated rings. The highest BCUT2D eigenvalue weighted by atomic mass is 32.2. The van der Waals surface area contributed by atoms with Gasteiger partial charge < -0.3 is 4.74 Å². The van der Waals surface area contributed by atoms with Crippen LogP contribution in [-0.2, 0) is 4.74 Å². The quantitative estimate of drug-likeness (QED) is 0.596. The van der Waals surface area contributed by atoms with Crippen LogP contribution in [0.1, 0.15) is 19.3 Å². The zero-order valence-corrected chi connectivity index (χ0v) is 8.80. The maximum atomic E-state index is 5.70. The van der Waals surface area contributed by atoms with Crippen LogP contribution in [0.3, 0.4) is 0 Å². The topological polar surface area (TPSA) is 12.5 Å². The molecular formula is C11H16OS. The summed E-state index contributed by atoms with van der Waals surface area (Å²) in [6.45, 7) is 0. The first kappa shape index (κ1) is 7.58. The fraction of sp³-hybridized carbons (Fsp3) is 1.00. The van der Waals surface area contributed by atoms with Crippen LogP contribution in [-0.4, -0.2) is 23.7 Å². The Morgan fingerprint density at radius 2 is 2.08 bits per heavy atom. The fourth-order valence-corrected chi connectivity index (χ4v) is 5.60. The molecule has 3 aliphatic carbocycles. The van der Waals surface area contributed by atoms with Crippen molar-refractivity contribution in [2.75, 3.05) is 6.26 Å². The van der Waals surface area contributed by atoms with Crippen molar-refractivity contribution in [2.24, 2.45) is 23.7 Å². The van der Waals surface area contributed by atoms with Crippen molar-refractivity contribution >= 4 is 11.8 Å². The van der Waals surface area contributed by atoms with Crippen LogP contribution in [0.4, 0.5) is 0 Å². The summed E-state index contributed by atoms with van der Waals surface area (Å²) >= 11 is 2.11. The van der Waals surface area contributed by atoms with Gasteiger partial charge in [-0.25, -0.2) is 0 Å². The molecule has 72 valence electrons. The Morgan fingerprint density at radius 3 is 2.92 bits per heavy atom. The predicted molar refractivity (Wildman–Crippen MR) is 53.8 cm³/mol. The fourth-order valence-electron chi connectivity index (χ4n) is 4.52. The van der Waals surface area contributed by atoms with Gasteiger partial charge in [0.05, 0.1) is 12.2 Å². The Hall–Kier alpha value is 0.310. The molecule has 13 heavy (non-hydrogen) atoms. The molecule has 0 aromatic rings. The zero-order valence-electron chi connectivity index (χ0n) is 7.98. The van der Waals surface area contributed by atoms with Crippen molar-refractivity contribution in [3.05, 3.63) is 0 Å². The van der Waals surface area contributed by atoms with E-state index in [1.807, 2.05) is 0 Å². The number of ether oxygens (including phenoxy) is 1. The van der Waals surface area contributed by atoms with Gasteiger partial charge >= 0.3 is 0 Å². The van der Waals surface area contributed by atoms with Gasteiger partial charge in [0.2, 0.25) is 0 Å². The van der Waals surface area contributed by atoms with Crippen molar-refractivity contribution in [1.29, 1.82) is 0 Å². The van der Waals surface area contributed by atoms with Gasteiger partial charge in [-0.1, -0.05) is 0 Å². The molecule has 4 aliphatic rings. The minimum absolute atomic E-state index is 0.709. The Balaban J connectivity index is 1.67. The summed E-state index contributed by atoms with van der Waals surface area (Å²) in [5, 5.41) is 0.981. The Kier molecular flexibility index (Phi) is 1.33. The van der Waals surface area contributed by atoms with E-state index in [1.165, 1.54) is 19.3 Å².